The Morgan fingerprint density at radius 2 is 1.35 bits per heavy atom. The third-order valence-electron chi connectivity index (χ3n) is 4.89. The van der Waals surface area contributed by atoms with Crippen molar-refractivity contribution < 1.29 is 0 Å². The monoisotopic (exact) mass is 414 g/mol. The van der Waals surface area contributed by atoms with E-state index in [-0.39, 0.29) is 0 Å². The molecule has 0 bridgehead atoms. The second kappa shape index (κ2) is 7.97. The van der Waals surface area contributed by atoms with E-state index >= 15 is 0 Å². The van der Waals surface area contributed by atoms with Gasteiger partial charge in [-0.2, -0.15) is 0 Å². The van der Waals surface area contributed by atoms with Crippen molar-refractivity contribution in [2.75, 3.05) is 0 Å². The van der Waals surface area contributed by atoms with E-state index in [2.05, 4.69) is 81.6 Å². The van der Waals surface area contributed by atoms with Crippen LogP contribution < -0.4 is 0 Å². The second-order valence-electron chi connectivity index (χ2n) is 6.75. The lowest BCUT2D eigenvalue weighted by atomic mass is 9.70. The highest BCUT2D eigenvalue weighted by Crippen LogP contribution is 2.45. The first-order chi connectivity index (χ1) is 12.3. The van der Waals surface area contributed by atoms with Gasteiger partial charge in [-0.25, -0.2) is 0 Å². The van der Waals surface area contributed by atoms with Crippen LogP contribution in [0.4, 0.5) is 0 Å². The highest BCUT2D eigenvalue weighted by Gasteiger charge is 2.35. The van der Waals surface area contributed by atoms with Gasteiger partial charge in [0.05, 0.1) is 0 Å². The first-order valence-electron chi connectivity index (χ1n) is 8.44. The summed E-state index contributed by atoms with van der Waals surface area (Å²) in [6, 6.07) is 12.2. The van der Waals surface area contributed by atoms with E-state index in [0.717, 1.165) is 30.7 Å². The van der Waals surface area contributed by atoms with E-state index in [1.165, 1.54) is 5.57 Å². The quantitative estimate of drug-likeness (QED) is 0.388. The van der Waals surface area contributed by atoms with Crippen LogP contribution in [-0.2, 0) is 5.41 Å². The Balaban J connectivity index is 2.30. The lowest BCUT2D eigenvalue weighted by Crippen LogP contribution is -2.27. The van der Waals surface area contributed by atoms with Crippen LogP contribution in [-0.4, -0.2) is 0 Å². The summed E-state index contributed by atoms with van der Waals surface area (Å²) < 4.78 is 0. The molecule has 0 aliphatic heterocycles. The maximum atomic E-state index is 4.77. The van der Waals surface area contributed by atoms with Crippen molar-refractivity contribution in [3.8, 4) is 0 Å². The summed E-state index contributed by atoms with van der Waals surface area (Å²) in [7, 11) is 0. The fraction of sp³-hybridized carbons (Fsp3) is 0.182. The Labute approximate surface area is 178 Å². The molecule has 2 aromatic carbocycles. The van der Waals surface area contributed by atoms with Gasteiger partial charge in [-0.05, 0) is 53.8 Å². The maximum Gasteiger partial charge on any atom is 0.0445 e. The lowest BCUT2D eigenvalue weighted by molar-refractivity contribution is 0.659. The van der Waals surface area contributed by atoms with Crippen LogP contribution in [0.3, 0.4) is 0 Å². The molecule has 0 spiro atoms. The molecule has 2 aromatic rings. The van der Waals surface area contributed by atoms with Crippen LogP contribution in [0, 0.1) is 5.92 Å². The van der Waals surface area contributed by atoms with E-state index in [1.54, 1.807) is 0 Å². The topological polar surface area (TPSA) is 0 Å². The molecule has 4 heteroatoms. The van der Waals surface area contributed by atoms with Crippen molar-refractivity contribution in [2.24, 2.45) is 5.92 Å². The molecule has 1 unspecified atom stereocenters. The normalized spacial score (nSPS) is 17.2. The van der Waals surface area contributed by atoms with Gasteiger partial charge >= 0.3 is 0 Å². The minimum atomic E-state index is -0.401. The Morgan fingerprint density at radius 3 is 1.85 bits per heavy atom. The van der Waals surface area contributed by atoms with Crippen molar-refractivity contribution in [2.45, 2.75) is 38.8 Å². The SMILES string of the molecule is CC1C=CC=C(C(C)(c2ccc(S)cc2S)c2ccc(S)cc2S)C=C1. The first kappa shape index (κ1) is 19.8. The molecule has 0 saturated carbocycles. The van der Waals surface area contributed by atoms with E-state index in [4.69, 9.17) is 25.3 Å². The molecule has 1 atom stereocenters. The average Bonchev–Trinajstić information content (AvgIpc) is 2.79. The van der Waals surface area contributed by atoms with Crippen molar-refractivity contribution >= 4 is 50.5 Å². The minimum Gasteiger partial charge on any atom is -0.143 e. The van der Waals surface area contributed by atoms with Crippen molar-refractivity contribution in [3.05, 3.63) is 83.5 Å². The number of hydrogen-bond acceptors (Lipinski definition) is 4. The molecule has 1 aliphatic rings. The van der Waals surface area contributed by atoms with Crippen molar-refractivity contribution in [1.29, 1.82) is 0 Å². The smallest absolute Gasteiger partial charge is 0.0445 e. The Kier molecular flexibility index (Phi) is 6.07. The zero-order chi connectivity index (χ0) is 18.9. The third kappa shape index (κ3) is 3.84. The van der Waals surface area contributed by atoms with Gasteiger partial charge in [-0.1, -0.05) is 49.4 Å². The van der Waals surface area contributed by atoms with Crippen LogP contribution in [0.2, 0.25) is 0 Å². The van der Waals surface area contributed by atoms with E-state index in [1.807, 2.05) is 24.3 Å². The molecule has 0 fully saturated rings. The predicted molar refractivity (Wildman–Crippen MR) is 124 cm³/mol. The van der Waals surface area contributed by atoms with Crippen molar-refractivity contribution in [1.82, 2.24) is 0 Å². The van der Waals surface area contributed by atoms with Gasteiger partial charge in [-0.15, -0.1) is 50.5 Å². The van der Waals surface area contributed by atoms with Crippen LogP contribution in [0.1, 0.15) is 25.0 Å². The summed E-state index contributed by atoms with van der Waals surface area (Å²) >= 11 is 18.5. The number of rotatable bonds is 3. The summed E-state index contributed by atoms with van der Waals surface area (Å²) in [4.78, 5) is 3.63. The second-order valence-corrected chi connectivity index (χ2v) is 8.75. The molecule has 0 amide bonds. The van der Waals surface area contributed by atoms with Gasteiger partial charge in [0.15, 0.2) is 0 Å². The van der Waals surface area contributed by atoms with Gasteiger partial charge < -0.3 is 0 Å². The minimum absolute atomic E-state index is 0.401. The summed E-state index contributed by atoms with van der Waals surface area (Å²) in [5, 5.41) is 0. The molecule has 0 aromatic heterocycles. The van der Waals surface area contributed by atoms with Gasteiger partial charge in [0.2, 0.25) is 0 Å². The van der Waals surface area contributed by atoms with E-state index in [0.29, 0.717) is 5.92 Å². The molecule has 0 heterocycles. The Bertz CT molecular complexity index is 870. The fourth-order valence-electron chi connectivity index (χ4n) is 3.38. The van der Waals surface area contributed by atoms with Gasteiger partial charge in [-0.3, -0.25) is 0 Å². The molecule has 0 saturated heterocycles. The van der Waals surface area contributed by atoms with Crippen molar-refractivity contribution in [3.63, 3.8) is 0 Å². The van der Waals surface area contributed by atoms with E-state index < -0.39 is 5.41 Å². The Morgan fingerprint density at radius 1 is 0.808 bits per heavy atom. The zero-order valence-electron chi connectivity index (χ0n) is 14.7. The predicted octanol–water partition coefficient (Wildman–Crippen LogP) is 6.84. The van der Waals surface area contributed by atoms with Crippen LogP contribution >= 0.6 is 50.5 Å². The molecule has 3 rings (SSSR count). The van der Waals surface area contributed by atoms with Gasteiger partial charge in [0.1, 0.15) is 0 Å². The molecule has 1 aliphatic carbocycles. The molecule has 0 N–H and O–H groups in total. The molecular weight excluding hydrogens is 393 g/mol. The summed E-state index contributed by atoms with van der Waals surface area (Å²) in [5.74, 6) is 0.401. The summed E-state index contributed by atoms with van der Waals surface area (Å²) in [5.41, 5.74) is 3.05. The van der Waals surface area contributed by atoms with Gasteiger partial charge in [0.25, 0.3) is 0 Å². The highest BCUT2D eigenvalue weighted by atomic mass is 32.1. The summed E-state index contributed by atoms with van der Waals surface area (Å²) in [6.45, 7) is 4.41. The molecule has 0 radical (unpaired) electrons. The largest absolute Gasteiger partial charge is 0.143 e. The molecule has 26 heavy (non-hydrogen) atoms. The number of thiol groups is 4. The molecular formula is C22H22S4. The lowest BCUT2D eigenvalue weighted by Gasteiger charge is -2.35. The zero-order valence-corrected chi connectivity index (χ0v) is 18.3. The summed E-state index contributed by atoms with van der Waals surface area (Å²) in [6.07, 6.45) is 11.0. The number of allylic oxidation sites excluding steroid dienone is 6. The number of benzene rings is 2. The average molecular weight is 415 g/mol. The van der Waals surface area contributed by atoms with E-state index in [9.17, 15) is 0 Å². The third-order valence-corrected chi connectivity index (χ3v) is 6.18. The molecule has 134 valence electrons. The maximum absolute atomic E-state index is 4.77. The van der Waals surface area contributed by atoms with Crippen LogP contribution in [0.5, 0.6) is 0 Å². The highest BCUT2D eigenvalue weighted by molar-refractivity contribution is 7.81. The number of hydrogen-bond donors (Lipinski definition) is 4. The van der Waals surface area contributed by atoms with Crippen LogP contribution in [0.25, 0.3) is 0 Å². The standard InChI is InChI=1S/C22H22S4/c1-14-4-3-5-15(7-6-14)22(2,18-10-8-16(23)12-20(18)25)19-11-9-17(24)13-21(19)26/h3-14,23-26H,1-2H3. The Hall–Kier alpha value is -0.940. The van der Waals surface area contributed by atoms with Crippen LogP contribution in [0.15, 0.2) is 91.9 Å². The van der Waals surface area contributed by atoms with Gasteiger partial charge in [0, 0.05) is 25.0 Å². The molecule has 0 nitrogen and oxygen atoms in total. The fourth-order valence-corrected chi connectivity index (χ4v) is 4.87. The first-order valence-corrected chi connectivity index (χ1v) is 10.2.